The molecule has 130 valence electrons. The fraction of sp³-hybridized carbons (Fsp3) is 0.571. The fourth-order valence-corrected chi connectivity index (χ4v) is 2.85. The number of fused-ring (bicyclic) bond motifs is 1. The van der Waals surface area contributed by atoms with Gasteiger partial charge < -0.3 is 9.47 Å². The summed E-state index contributed by atoms with van der Waals surface area (Å²) >= 11 is 0. The lowest BCUT2D eigenvalue weighted by atomic mass is 10.1. The molecule has 0 N–H and O–H groups in total. The van der Waals surface area contributed by atoms with E-state index in [0.717, 1.165) is 4.57 Å². The highest BCUT2D eigenvalue weighted by molar-refractivity contribution is 5.77. The Morgan fingerprint density at radius 3 is 2.50 bits per heavy atom. The van der Waals surface area contributed by atoms with Crippen molar-refractivity contribution >= 4 is 17.1 Å². The van der Waals surface area contributed by atoms with Crippen LogP contribution in [0.5, 0.6) is 0 Å². The first kappa shape index (κ1) is 16.3. The second kappa shape index (κ2) is 5.53. The van der Waals surface area contributed by atoms with E-state index in [2.05, 4.69) is 4.98 Å². The Bertz CT molecular complexity index is 917. The lowest BCUT2D eigenvalue weighted by Gasteiger charge is -2.31. The van der Waals surface area contributed by atoms with Gasteiger partial charge in [0.05, 0.1) is 6.33 Å². The molecule has 0 unspecified atom stereocenters. The molecule has 1 amide bonds. The predicted molar refractivity (Wildman–Crippen MR) is 81.0 cm³/mol. The molecule has 0 radical (unpaired) electrons. The zero-order chi connectivity index (χ0) is 17.6. The Labute approximate surface area is 134 Å². The number of hydrogen-bond donors (Lipinski definition) is 0. The topological polar surface area (TPSA) is 82.1 Å². The molecule has 0 aromatic carbocycles. The zero-order valence-corrected chi connectivity index (χ0v) is 13.3. The summed E-state index contributed by atoms with van der Waals surface area (Å²) in [5, 5.41) is 0. The third kappa shape index (κ3) is 2.61. The van der Waals surface area contributed by atoms with E-state index in [1.54, 1.807) is 7.05 Å². The van der Waals surface area contributed by atoms with E-state index in [0.29, 0.717) is 0 Å². The third-order valence-corrected chi connectivity index (χ3v) is 4.34. The molecule has 2 aromatic rings. The third-order valence-electron chi connectivity index (χ3n) is 4.34. The molecule has 3 rings (SSSR count). The minimum absolute atomic E-state index is 0.0884. The lowest BCUT2D eigenvalue weighted by molar-refractivity contribution is -0.138. The number of halogens is 2. The number of rotatable bonds is 2. The number of piperidine rings is 1. The van der Waals surface area contributed by atoms with Gasteiger partial charge in [0.1, 0.15) is 6.54 Å². The molecule has 3 heterocycles. The molecule has 0 saturated carbocycles. The number of amides is 1. The van der Waals surface area contributed by atoms with Crippen LogP contribution in [-0.2, 0) is 25.4 Å². The molecule has 0 atom stereocenters. The van der Waals surface area contributed by atoms with Crippen molar-refractivity contribution in [1.29, 1.82) is 0 Å². The molecule has 1 fully saturated rings. The molecular formula is C14H17F2N5O3. The van der Waals surface area contributed by atoms with Gasteiger partial charge >= 0.3 is 5.69 Å². The Hall–Kier alpha value is -2.52. The SMILES string of the molecule is Cn1cnc2c1c(=O)n(CC(=O)N1CCC(F)(F)CC1)c(=O)n2C. The van der Waals surface area contributed by atoms with E-state index in [4.69, 9.17) is 0 Å². The summed E-state index contributed by atoms with van der Waals surface area (Å²) in [4.78, 5) is 42.4. The number of aromatic nitrogens is 4. The molecule has 1 saturated heterocycles. The molecule has 0 spiro atoms. The number of likely N-dealkylation sites (tertiary alicyclic amines) is 1. The summed E-state index contributed by atoms with van der Waals surface area (Å²) in [6.07, 6.45) is 0.587. The van der Waals surface area contributed by atoms with Gasteiger partial charge in [-0.2, -0.15) is 0 Å². The maximum atomic E-state index is 13.2. The highest BCUT2D eigenvalue weighted by atomic mass is 19.3. The maximum Gasteiger partial charge on any atom is 0.332 e. The molecule has 0 aliphatic carbocycles. The first-order valence-corrected chi connectivity index (χ1v) is 7.48. The van der Waals surface area contributed by atoms with Crippen molar-refractivity contribution in [3.05, 3.63) is 27.2 Å². The molecule has 1 aliphatic heterocycles. The summed E-state index contributed by atoms with van der Waals surface area (Å²) in [5.74, 6) is -3.29. The summed E-state index contributed by atoms with van der Waals surface area (Å²) in [7, 11) is 3.07. The summed E-state index contributed by atoms with van der Waals surface area (Å²) in [5.41, 5.74) is -0.852. The first-order valence-electron chi connectivity index (χ1n) is 7.48. The minimum atomic E-state index is -2.77. The number of carbonyl (C=O) groups excluding carboxylic acids is 1. The normalized spacial score (nSPS) is 17.4. The standard InChI is InChI=1S/C14H17F2N5O3/c1-18-8-17-11-10(18)12(23)21(13(24)19(11)2)7-9(22)20-5-3-14(15,16)4-6-20/h8H,3-7H2,1-2H3. The smallest absolute Gasteiger partial charge is 0.332 e. The number of alkyl halides is 2. The highest BCUT2D eigenvalue weighted by Gasteiger charge is 2.35. The van der Waals surface area contributed by atoms with E-state index < -0.39 is 42.5 Å². The Kier molecular flexibility index (Phi) is 3.77. The second-order valence-corrected chi connectivity index (χ2v) is 6.00. The number of aryl methyl sites for hydroxylation is 2. The van der Waals surface area contributed by atoms with Crippen molar-refractivity contribution in [3.8, 4) is 0 Å². The van der Waals surface area contributed by atoms with Gasteiger partial charge in [-0.15, -0.1) is 0 Å². The monoisotopic (exact) mass is 341 g/mol. The van der Waals surface area contributed by atoms with E-state index in [1.165, 1.54) is 27.4 Å². The molecular weight excluding hydrogens is 324 g/mol. The minimum Gasteiger partial charge on any atom is -0.341 e. The van der Waals surface area contributed by atoms with Gasteiger partial charge in [-0.05, 0) is 0 Å². The van der Waals surface area contributed by atoms with Crippen LogP contribution in [-0.4, -0.2) is 48.5 Å². The maximum absolute atomic E-state index is 13.2. The van der Waals surface area contributed by atoms with Crippen LogP contribution in [0.1, 0.15) is 12.8 Å². The van der Waals surface area contributed by atoms with Gasteiger partial charge in [-0.25, -0.2) is 23.1 Å². The van der Waals surface area contributed by atoms with Crippen molar-refractivity contribution in [2.75, 3.05) is 13.1 Å². The van der Waals surface area contributed by atoms with Crippen LogP contribution in [0.15, 0.2) is 15.9 Å². The van der Waals surface area contributed by atoms with Crippen LogP contribution in [0.2, 0.25) is 0 Å². The predicted octanol–water partition coefficient (Wildman–Crippen LogP) is -0.309. The average molecular weight is 341 g/mol. The van der Waals surface area contributed by atoms with Crippen LogP contribution in [0.25, 0.3) is 11.2 Å². The van der Waals surface area contributed by atoms with E-state index in [9.17, 15) is 23.2 Å². The molecule has 8 nitrogen and oxygen atoms in total. The number of hydrogen-bond acceptors (Lipinski definition) is 4. The Balaban J connectivity index is 1.93. The van der Waals surface area contributed by atoms with Crippen molar-refractivity contribution in [1.82, 2.24) is 23.6 Å². The first-order chi connectivity index (χ1) is 11.2. The van der Waals surface area contributed by atoms with Gasteiger partial charge in [-0.3, -0.25) is 14.2 Å². The largest absolute Gasteiger partial charge is 0.341 e. The Morgan fingerprint density at radius 1 is 1.25 bits per heavy atom. The summed E-state index contributed by atoms with van der Waals surface area (Å²) in [6, 6.07) is 0. The summed E-state index contributed by atoms with van der Waals surface area (Å²) < 4.78 is 29.8. The molecule has 10 heteroatoms. The van der Waals surface area contributed by atoms with Crippen molar-refractivity contribution in [3.63, 3.8) is 0 Å². The van der Waals surface area contributed by atoms with E-state index in [-0.39, 0.29) is 24.3 Å². The zero-order valence-electron chi connectivity index (χ0n) is 13.3. The lowest BCUT2D eigenvalue weighted by Crippen LogP contribution is -2.48. The summed E-state index contributed by atoms with van der Waals surface area (Å²) in [6.45, 7) is -0.651. The second-order valence-electron chi connectivity index (χ2n) is 6.00. The highest BCUT2D eigenvalue weighted by Crippen LogP contribution is 2.27. The van der Waals surface area contributed by atoms with Crippen molar-refractivity contribution in [2.45, 2.75) is 25.3 Å². The van der Waals surface area contributed by atoms with Crippen LogP contribution < -0.4 is 11.2 Å². The van der Waals surface area contributed by atoms with E-state index in [1.807, 2.05) is 0 Å². The van der Waals surface area contributed by atoms with E-state index >= 15 is 0 Å². The number of nitrogens with zero attached hydrogens (tertiary/aromatic N) is 5. The van der Waals surface area contributed by atoms with Crippen molar-refractivity contribution in [2.24, 2.45) is 14.1 Å². The van der Waals surface area contributed by atoms with Gasteiger partial charge in [0.2, 0.25) is 5.91 Å². The van der Waals surface area contributed by atoms with Gasteiger partial charge in [0, 0.05) is 40.0 Å². The van der Waals surface area contributed by atoms with Crippen LogP contribution in [0.4, 0.5) is 8.78 Å². The van der Waals surface area contributed by atoms with Crippen LogP contribution >= 0.6 is 0 Å². The van der Waals surface area contributed by atoms with Crippen LogP contribution in [0.3, 0.4) is 0 Å². The fourth-order valence-electron chi connectivity index (χ4n) is 2.85. The molecule has 2 aromatic heterocycles. The van der Waals surface area contributed by atoms with Crippen molar-refractivity contribution < 1.29 is 13.6 Å². The molecule has 0 bridgehead atoms. The van der Waals surface area contributed by atoms with Gasteiger partial charge in [0.15, 0.2) is 11.2 Å². The van der Waals surface area contributed by atoms with Crippen LogP contribution in [0, 0.1) is 0 Å². The number of imidazole rings is 1. The number of carbonyl (C=O) groups is 1. The van der Waals surface area contributed by atoms with Gasteiger partial charge in [0.25, 0.3) is 11.5 Å². The molecule has 1 aliphatic rings. The van der Waals surface area contributed by atoms with Gasteiger partial charge in [-0.1, -0.05) is 0 Å². The molecule has 24 heavy (non-hydrogen) atoms. The Morgan fingerprint density at radius 2 is 1.88 bits per heavy atom. The quantitative estimate of drug-likeness (QED) is 0.750. The average Bonchev–Trinajstić information content (AvgIpc) is 2.91.